The molecule has 0 aliphatic carbocycles. The number of rotatable bonds is 2. The minimum absolute atomic E-state index is 0.0680. The number of fused-ring (bicyclic) bond motifs is 1. The van der Waals surface area contributed by atoms with Crippen molar-refractivity contribution in [3.8, 4) is 0 Å². The van der Waals surface area contributed by atoms with Gasteiger partial charge in [0, 0.05) is 7.05 Å². The van der Waals surface area contributed by atoms with Gasteiger partial charge in [0.05, 0.1) is 31.1 Å². The first-order chi connectivity index (χ1) is 8.22. The van der Waals surface area contributed by atoms with Crippen LogP contribution in [0.25, 0.3) is 11.3 Å². The number of nitrogens with zero attached hydrogens (tertiary/aromatic N) is 4. The van der Waals surface area contributed by atoms with E-state index in [1.165, 1.54) is 0 Å². The lowest BCUT2D eigenvalue weighted by Crippen LogP contribution is -2.37. The van der Waals surface area contributed by atoms with Crippen LogP contribution < -0.4 is 5.69 Å². The van der Waals surface area contributed by atoms with Crippen molar-refractivity contribution in [2.75, 3.05) is 13.2 Å². The number of hydrogen-bond acceptors (Lipinski definition) is 4. The molecule has 90 valence electrons. The summed E-state index contributed by atoms with van der Waals surface area (Å²) in [6, 6.07) is 0.104. The fourth-order valence-corrected chi connectivity index (χ4v) is 2.02. The van der Waals surface area contributed by atoms with Crippen molar-refractivity contribution in [1.82, 2.24) is 19.1 Å². The third-order valence-electron chi connectivity index (χ3n) is 3.17. The van der Waals surface area contributed by atoms with Crippen molar-refractivity contribution in [1.29, 1.82) is 0 Å². The van der Waals surface area contributed by atoms with Crippen LogP contribution in [0.4, 0.5) is 0 Å². The SMILES string of the molecule is CCc1cnc2c(n1)n(C1COC1)c(=O)n2C. The van der Waals surface area contributed by atoms with E-state index in [1.54, 1.807) is 22.4 Å². The van der Waals surface area contributed by atoms with E-state index >= 15 is 0 Å². The van der Waals surface area contributed by atoms with Gasteiger partial charge in [0.2, 0.25) is 0 Å². The van der Waals surface area contributed by atoms with Crippen molar-refractivity contribution in [3.05, 3.63) is 22.4 Å². The molecule has 2 aromatic heterocycles. The molecule has 1 aliphatic heterocycles. The summed E-state index contributed by atoms with van der Waals surface area (Å²) in [4.78, 5) is 20.9. The molecule has 0 atom stereocenters. The molecule has 0 saturated carbocycles. The Morgan fingerprint density at radius 2 is 2.24 bits per heavy atom. The smallest absolute Gasteiger partial charge is 0.331 e. The highest BCUT2D eigenvalue weighted by molar-refractivity contribution is 5.66. The molecule has 6 nitrogen and oxygen atoms in total. The summed E-state index contributed by atoms with van der Waals surface area (Å²) in [5.41, 5.74) is 2.14. The maximum Gasteiger partial charge on any atom is 0.331 e. The van der Waals surface area contributed by atoms with Crippen LogP contribution in [-0.4, -0.2) is 32.3 Å². The molecule has 17 heavy (non-hydrogen) atoms. The molecule has 1 saturated heterocycles. The number of aromatic nitrogens is 4. The van der Waals surface area contributed by atoms with E-state index in [0.717, 1.165) is 12.1 Å². The summed E-state index contributed by atoms with van der Waals surface area (Å²) < 4.78 is 8.38. The van der Waals surface area contributed by atoms with Crippen molar-refractivity contribution in [2.45, 2.75) is 19.4 Å². The topological polar surface area (TPSA) is 61.9 Å². The van der Waals surface area contributed by atoms with Crippen LogP contribution in [0.2, 0.25) is 0 Å². The number of imidazole rings is 1. The molecule has 0 radical (unpaired) electrons. The second-order valence-corrected chi connectivity index (χ2v) is 4.26. The molecular formula is C11H14N4O2. The van der Waals surface area contributed by atoms with Crippen LogP contribution in [0, 0.1) is 0 Å². The Morgan fingerprint density at radius 3 is 2.82 bits per heavy atom. The molecule has 0 unspecified atom stereocenters. The summed E-state index contributed by atoms with van der Waals surface area (Å²) in [6.45, 7) is 3.18. The Bertz CT molecular complexity index is 624. The zero-order valence-corrected chi connectivity index (χ0v) is 9.88. The zero-order chi connectivity index (χ0) is 12.0. The zero-order valence-electron chi connectivity index (χ0n) is 9.88. The number of hydrogen-bond donors (Lipinski definition) is 0. The van der Waals surface area contributed by atoms with Crippen LogP contribution in [0.15, 0.2) is 11.0 Å². The van der Waals surface area contributed by atoms with Gasteiger partial charge in [0.25, 0.3) is 0 Å². The van der Waals surface area contributed by atoms with Gasteiger partial charge in [-0.1, -0.05) is 6.92 Å². The Labute approximate surface area is 97.9 Å². The average Bonchev–Trinajstić information content (AvgIpc) is 2.52. The van der Waals surface area contributed by atoms with Gasteiger partial charge in [0.1, 0.15) is 0 Å². The molecule has 6 heteroatoms. The predicted molar refractivity (Wildman–Crippen MR) is 62.0 cm³/mol. The lowest BCUT2D eigenvalue weighted by molar-refractivity contribution is -0.0233. The minimum Gasteiger partial charge on any atom is -0.377 e. The van der Waals surface area contributed by atoms with Crippen LogP contribution >= 0.6 is 0 Å². The Kier molecular flexibility index (Phi) is 2.25. The van der Waals surface area contributed by atoms with Crippen LogP contribution in [0.5, 0.6) is 0 Å². The lowest BCUT2D eigenvalue weighted by atomic mass is 10.2. The van der Waals surface area contributed by atoms with Crippen molar-refractivity contribution in [2.24, 2.45) is 7.05 Å². The summed E-state index contributed by atoms with van der Waals surface area (Å²) >= 11 is 0. The highest BCUT2D eigenvalue weighted by Gasteiger charge is 2.26. The van der Waals surface area contributed by atoms with E-state index in [1.807, 2.05) is 6.92 Å². The van der Waals surface area contributed by atoms with E-state index in [9.17, 15) is 4.79 Å². The molecule has 3 rings (SSSR count). The van der Waals surface area contributed by atoms with Gasteiger partial charge in [-0.2, -0.15) is 0 Å². The van der Waals surface area contributed by atoms with Crippen LogP contribution in [-0.2, 0) is 18.2 Å². The second kappa shape index (κ2) is 3.66. The van der Waals surface area contributed by atoms with Gasteiger partial charge in [-0.15, -0.1) is 0 Å². The molecule has 2 aromatic rings. The van der Waals surface area contributed by atoms with Crippen LogP contribution in [0.1, 0.15) is 18.7 Å². The fourth-order valence-electron chi connectivity index (χ4n) is 2.02. The van der Waals surface area contributed by atoms with Gasteiger partial charge < -0.3 is 4.74 Å². The first kappa shape index (κ1) is 10.5. The highest BCUT2D eigenvalue weighted by Crippen LogP contribution is 2.19. The summed E-state index contributed by atoms with van der Waals surface area (Å²) in [5.74, 6) is 0. The van der Waals surface area contributed by atoms with Gasteiger partial charge in [-0.25, -0.2) is 14.8 Å². The van der Waals surface area contributed by atoms with E-state index < -0.39 is 0 Å². The van der Waals surface area contributed by atoms with Crippen molar-refractivity contribution in [3.63, 3.8) is 0 Å². The maximum atomic E-state index is 12.1. The summed E-state index contributed by atoms with van der Waals surface area (Å²) in [5, 5.41) is 0. The van der Waals surface area contributed by atoms with E-state index in [4.69, 9.17) is 4.74 Å². The van der Waals surface area contributed by atoms with Crippen LogP contribution in [0.3, 0.4) is 0 Å². The maximum absolute atomic E-state index is 12.1. The molecule has 1 fully saturated rings. The van der Waals surface area contributed by atoms with Gasteiger partial charge in [-0.3, -0.25) is 9.13 Å². The van der Waals surface area contributed by atoms with Gasteiger partial charge in [0.15, 0.2) is 11.3 Å². The number of ether oxygens (including phenoxy) is 1. The Morgan fingerprint density at radius 1 is 1.47 bits per heavy atom. The first-order valence-corrected chi connectivity index (χ1v) is 5.73. The predicted octanol–water partition coefficient (Wildman–Crippen LogP) is 0.264. The Balaban J connectivity index is 2.30. The molecule has 0 amide bonds. The van der Waals surface area contributed by atoms with Gasteiger partial charge in [-0.05, 0) is 6.42 Å². The van der Waals surface area contributed by atoms with E-state index in [2.05, 4.69) is 9.97 Å². The molecule has 0 N–H and O–H groups in total. The third-order valence-corrected chi connectivity index (χ3v) is 3.17. The van der Waals surface area contributed by atoms with E-state index in [0.29, 0.717) is 24.5 Å². The molecule has 0 aromatic carbocycles. The summed E-state index contributed by atoms with van der Waals surface area (Å²) in [6.07, 6.45) is 2.54. The standard InChI is InChI=1S/C11H14N4O2/c1-3-7-4-12-9-10(13-7)15(8-5-17-6-8)11(16)14(9)2/h4,8H,3,5-6H2,1-2H3. The molecule has 0 bridgehead atoms. The lowest BCUT2D eigenvalue weighted by Gasteiger charge is -2.26. The van der Waals surface area contributed by atoms with Gasteiger partial charge >= 0.3 is 5.69 Å². The largest absolute Gasteiger partial charge is 0.377 e. The fraction of sp³-hybridized carbons (Fsp3) is 0.545. The minimum atomic E-state index is -0.0680. The normalized spacial score (nSPS) is 16.4. The Hall–Kier alpha value is -1.69. The average molecular weight is 234 g/mol. The van der Waals surface area contributed by atoms with Crippen molar-refractivity contribution >= 4 is 11.3 Å². The first-order valence-electron chi connectivity index (χ1n) is 5.73. The monoisotopic (exact) mass is 234 g/mol. The molecule has 3 heterocycles. The molecule has 0 spiro atoms. The third kappa shape index (κ3) is 1.40. The quantitative estimate of drug-likeness (QED) is 0.748. The second-order valence-electron chi connectivity index (χ2n) is 4.26. The highest BCUT2D eigenvalue weighted by atomic mass is 16.5. The molecular weight excluding hydrogens is 220 g/mol. The van der Waals surface area contributed by atoms with E-state index in [-0.39, 0.29) is 11.7 Å². The summed E-state index contributed by atoms with van der Waals surface area (Å²) in [7, 11) is 1.72. The molecule has 1 aliphatic rings. The number of aryl methyl sites for hydroxylation is 2. The van der Waals surface area contributed by atoms with Crippen molar-refractivity contribution < 1.29 is 4.74 Å².